The molecule has 10 heteroatoms. The van der Waals surface area contributed by atoms with Crippen molar-refractivity contribution in [3.05, 3.63) is 18.2 Å². The molecule has 0 aliphatic carbocycles. The Morgan fingerprint density at radius 2 is 1.77 bits per heavy atom. The number of carbonyl (C=O) groups is 2. The number of aliphatic hydroxyl groups is 4. The number of benzene rings is 1. The minimum Gasteiger partial charge on any atom is -0.394 e. The number of rotatable bonds is 6. The fourth-order valence-electron chi connectivity index (χ4n) is 2.64. The fourth-order valence-corrected chi connectivity index (χ4v) is 2.64. The van der Waals surface area contributed by atoms with Crippen molar-refractivity contribution < 1.29 is 34.8 Å². The lowest BCUT2D eigenvalue weighted by Gasteiger charge is -2.21. The van der Waals surface area contributed by atoms with Crippen LogP contribution >= 0.6 is 0 Å². The maximum Gasteiger partial charge on any atom is 0.221 e. The highest BCUT2D eigenvalue weighted by atomic mass is 16.6. The van der Waals surface area contributed by atoms with Gasteiger partial charge in [-0.15, -0.1) is 0 Å². The molecule has 1 aromatic rings. The van der Waals surface area contributed by atoms with E-state index in [0.29, 0.717) is 17.1 Å². The highest BCUT2D eigenvalue weighted by molar-refractivity contribution is 5.95. The maximum atomic E-state index is 11.4. The Bertz CT molecular complexity index is 669. The molecule has 10 nitrogen and oxygen atoms in total. The summed E-state index contributed by atoms with van der Waals surface area (Å²) in [4.78, 5) is 22.6. The molecule has 0 bridgehead atoms. The molecule has 5 atom stereocenters. The van der Waals surface area contributed by atoms with Crippen LogP contribution < -0.4 is 16.0 Å². The van der Waals surface area contributed by atoms with Crippen LogP contribution in [0.15, 0.2) is 18.2 Å². The van der Waals surface area contributed by atoms with Gasteiger partial charge < -0.3 is 41.1 Å². The number of nitrogens with one attached hydrogen (secondary N) is 3. The maximum absolute atomic E-state index is 11.4. The van der Waals surface area contributed by atoms with Crippen LogP contribution in [-0.4, -0.2) is 69.5 Å². The second-order valence-corrected chi connectivity index (χ2v) is 6.02. The smallest absolute Gasteiger partial charge is 0.221 e. The Kier molecular flexibility index (Phi) is 6.51. The highest BCUT2D eigenvalue weighted by Gasteiger charge is 2.46. The molecule has 1 aliphatic rings. The van der Waals surface area contributed by atoms with Crippen LogP contribution in [0.5, 0.6) is 0 Å². The van der Waals surface area contributed by atoms with Crippen LogP contribution in [0, 0.1) is 0 Å². The number of amides is 2. The summed E-state index contributed by atoms with van der Waals surface area (Å²) in [7, 11) is 0. The molecule has 1 fully saturated rings. The molecule has 0 aromatic heterocycles. The van der Waals surface area contributed by atoms with Gasteiger partial charge in [-0.3, -0.25) is 9.59 Å². The normalized spacial score (nSPS) is 26.2. The number of hydrogen-bond acceptors (Lipinski definition) is 8. The summed E-state index contributed by atoms with van der Waals surface area (Å²) in [6.45, 7) is 2.02. The molecule has 2 rings (SSSR count). The van der Waals surface area contributed by atoms with Gasteiger partial charge in [0.05, 0.1) is 18.0 Å². The van der Waals surface area contributed by atoms with E-state index in [1.807, 2.05) is 0 Å². The van der Waals surface area contributed by atoms with Crippen molar-refractivity contribution in [3.8, 4) is 0 Å². The zero-order chi connectivity index (χ0) is 19.4. The van der Waals surface area contributed by atoms with Crippen LogP contribution in [0.25, 0.3) is 0 Å². The van der Waals surface area contributed by atoms with Crippen molar-refractivity contribution in [2.75, 3.05) is 22.6 Å². The number of ether oxygens (including phenoxy) is 1. The van der Waals surface area contributed by atoms with Gasteiger partial charge in [0.2, 0.25) is 11.8 Å². The third-order valence-corrected chi connectivity index (χ3v) is 3.82. The van der Waals surface area contributed by atoms with E-state index in [9.17, 15) is 24.9 Å². The molecule has 2 amide bonds. The summed E-state index contributed by atoms with van der Waals surface area (Å²) in [5.41, 5.74) is 1.12. The first kappa shape index (κ1) is 20.1. The monoisotopic (exact) mass is 369 g/mol. The number of carbonyl (C=O) groups excluding carboxylic acids is 2. The van der Waals surface area contributed by atoms with Gasteiger partial charge in [0.15, 0.2) is 6.23 Å². The van der Waals surface area contributed by atoms with Crippen molar-refractivity contribution in [2.24, 2.45) is 0 Å². The second kappa shape index (κ2) is 8.43. The Morgan fingerprint density at radius 1 is 1.12 bits per heavy atom. The summed E-state index contributed by atoms with van der Waals surface area (Å²) >= 11 is 0. The van der Waals surface area contributed by atoms with Crippen LogP contribution in [0.2, 0.25) is 0 Å². The lowest BCUT2D eigenvalue weighted by Crippen LogP contribution is -2.40. The van der Waals surface area contributed by atoms with Crippen molar-refractivity contribution in [2.45, 2.75) is 44.5 Å². The molecule has 1 heterocycles. The molecule has 144 valence electrons. The average molecular weight is 369 g/mol. The Balaban J connectivity index is 2.25. The van der Waals surface area contributed by atoms with Gasteiger partial charge in [0.25, 0.3) is 0 Å². The molecule has 0 saturated carbocycles. The van der Waals surface area contributed by atoms with Crippen molar-refractivity contribution >= 4 is 28.9 Å². The van der Waals surface area contributed by atoms with E-state index in [-0.39, 0.29) is 11.8 Å². The third-order valence-electron chi connectivity index (χ3n) is 3.82. The Morgan fingerprint density at radius 3 is 2.35 bits per heavy atom. The molecular formula is C16H23N3O7. The van der Waals surface area contributed by atoms with Crippen molar-refractivity contribution in [1.29, 1.82) is 0 Å². The van der Waals surface area contributed by atoms with Crippen LogP contribution in [0.4, 0.5) is 17.1 Å². The van der Waals surface area contributed by atoms with Gasteiger partial charge in [0.1, 0.15) is 24.4 Å². The van der Waals surface area contributed by atoms with Crippen molar-refractivity contribution in [1.82, 2.24) is 0 Å². The summed E-state index contributed by atoms with van der Waals surface area (Å²) in [5, 5.41) is 46.8. The zero-order valence-corrected chi connectivity index (χ0v) is 14.3. The van der Waals surface area contributed by atoms with Gasteiger partial charge in [0, 0.05) is 19.5 Å². The number of aliphatic hydroxyl groups excluding tert-OH is 4. The van der Waals surface area contributed by atoms with Crippen molar-refractivity contribution in [3.63, 3.8) is 0 Å². The SMILES string of the molecule is CC(=O)Nc1ccc(NC(C)=O)c(N[C@H]2O[C@@H]([C@H](O)CO)[C@@H](O)[C@@H]2O)c1. The molecule has 1 aromatic carbocycles. The number of hydrogen-bond donors (Lipinski definition) is 7. The lowest BCUT2D eigenvalue weighted by molar-refractivity contribution is -0.115. The van der Waals surface area contributed by atoms with E-state index in [1.165, 1.54) is 19.9 Å². The molecule has 7 N–H and O–H groups in total. The largest absolute Gasteiger partial charge is 0.394 e. The van der Waals surface area contributed by atoms with Crippen LogP contribution in [0.3, 0.4) is 0 Å². The van der Waals surface area contributed by atoms with Gasteiger partial charge >= 0.3 is 0 Å². The standard InChI is InChI=1S/C16H23N3O7/c1-7(21)17-9-3-4-10(18-8(2)22)11(5-9)19-16-14(25)13(24)15(26-16)12(23)6-20/h3-5,12-16,19-20,23-25H,6H2,1-2H3,(H,17,21)(H,18,22)/t12-,13+,14+,15+,16+/m1/s1. The Labute approximate surface area is 149 Å². The molecule has 0 spiro atoms. The molecule has 0 radical (unpaired) electrons. The molecule has 1 aliphatic heterocycles. The van der Waals surface area contributed by atoms with E-state index in [1.54, 1.807) is 12.1 Å². The van der Waals surface area contributed by atoms with E-state index in [2.05, 4.69) is 16.0 Å². The third kappa shape index (κ3) is 4.68. The van der Waals surface area contributed by atoms with E-state index < -0.39 is 37.3 Å². The first-order valence-corrected chi connectivity index (χ1v) is 7.99. The van der Waals surface area contributed by atoms with E-state index >= 15 is 0 Å². The first-order valence-electron chi connectivity index (χ1n) is 7.99. The Hall–Kier alpha value is -2.24. The first-order chi connectivity index (χ1) is 12.2. The fraction of sp³-hybridized carbons (Fsp3) is 0.500. The molecule has 26 heavy (non-hydrogen) atoms. The van der Waals surface area contributed by atoms with E-state index in [0.717, 1.165) is 0 Å². The van der Waals surface area contributed by atoms with Gasteiger partial charge in [-0.1, -0.05) is 0 Å². The highest BCUT2D eigenvalue weighted by Crippen LogP contribution is 2.31. The molecular weight excluding hydrogens is 346 g/mol. The minimum absolute atomic E-state index is 0.290. The van der Waals surface area contributed by atoms with Gasteiger partial charge in [-0.05, 0) is 18.2 Å². The average Bonchev–Trinajstić information content (AvgIpc) is 2.84. The molecule has 0 unspecified atom stereocenters. The predicted octanol–water partition coefficient (Wildman–Crippen LogP) is -1.18. The number of anilines is 3. The summed E-state index contributed by atoms with van der Waals surface area (Å²) in [6, 6.07) is 4.65. The zero-order valence-electron chi connectivity index (χ0n) is 14.3. The van der Waals surface area contributed by atoms with Gasteiger partial charge in [-0.25, -0.2) is 0 Å². The summed E-state index contributed by atoms with van der Waals surface area (Å²) in [6.07, 6.45) is -6.48. The lowest BCUT2D eigenvalue weighted by atomic mass is 10.1. The van der Waals surface area contributed by atoms with E-state index in [4.69, 9.17) is 9.84 Å². The van der Waals surface area contributed by atoms with Gasteiger partial charge in [-0.2, -0.15) is 0 Å². The quantitative estimate of drug-likeness (QED) is 0.330. The summed E-state index contributed by atoms with van der Waals surface area (Å²) in [5.74, 6) is -0.622. The second-order valence-electron chi connectivity index (χ2n) is 6.02. The molecule has 1 saturated heterocycles. The topological polar surface area (TPSA) is 160 Å². The van der Waals surface area contributed by atoms with Crippen LogP contribution in [-0.2, 0) is 14.3 Å². The predicted molar refractivity (Wildman–Crippen MR) is 92.4 cm³/mol. The summed E-state index contributed by atoms with van der Waals surface area (Å²) < 4.78 is 5.40. The minimum atomic E-state index is -1.42. The van der Waals surface area contributed by atoms with Crippen LogP contribution in [0.1, 0.15) is 13.8 Å².